The van der Waals surface area contributed by atoms with Crippen molar-refractivity contribution in [2.75, 3.05) is 26.2 Å². The van der Waals surface area contributed by atoms with Crippen molar-refractivity contribution >= 4 is 47.4 Å². The van der Waals surface area contributed by atoms with Crippen molar-refractivity contribution in [3.8, 4) is 0 Å². The molecule has 0 spiro atoms. The first-order valence-corrected chi connectivity index (χ1v) is 7.22. The maximum atomic E-state index is 11.9. The van der Waals surface area contributed by atoms with E-state index >= 15 is 0 Å². The van der Waals surface area contributed by atoms with Crippen molar-refractivity contribution in [1.82, 2.24) is 16.0 Å². The summed E-state index contributed by atoms with van der Waals surface area (Å²) in [7, 11) is 0. The van der Waals surface area contributed by atoms with Crippen LogP contribution in [-0.2, 0) is 0 Å². The molecule has 5 nitrogen and oxygen atoms in total. The van der Waals surface area contributed by atoms with E-state index in [1.54, 1.807) is 30.3 Å². The van der Waals surface area contributed by atoms with E-state index < -0.39 is 0 Å². The lowest BCUT2D eigenvalue weighted by atomic mass is 10.2. The number of rotatable bonds is 7. The summed E-state index contributed by atoms with van der Waals surface area (Å²) in [6, 6.07) is 6.95. The summed E-state index contributed by atoms with van der Waals surface area (Å²) >= 11 is 5.96. The van der Waals surface area contributed by atoms with Crippen molar-refractivity contribution < 1.29 is 4.79 Å². The van der Waals surface area contributed by atoms with Gasteiger partial charge in [0.1, 0.15) is 0 Å². The van der Waals surface area contributed by atoms with Gasteiger partial charge in [-0.25, -0.2) is 0 Å². The van der Waals surface area contributed by atoms with Gasteiger partial charge in [-0.05, 0) is 19.1 Å². The zero-order chi connectivity index (χ0) is 15.5. The minimum absolute atomic E-state index is 0. The van der Waals surface area contributed by atoms with Crippen LogP contribution >= 0.6 is 35.6 Å². The van der Waals surface area contributed by atoms with Crippen LogP contribution in [-0.4, -0.2) is 38.0 Å². The predicted octanol–water partition coefficient (Wildman–Crippen LogP) is 2.43. The first kappa shape index (κ1) is 20.7. The van der Waals surface area contributed by atoms with Crippen molar-refractivity contribution in [2.45, 2.75) is 6.92 Å². The third-order valence-electron chi connectivity index (χ3n) is 2.54. The summed E-state index contributed by atoms with van der Waals surface area (Å²) in [6.45, 7) is 7.95. The molecule has 1 amide bonds. The van der Waals surface area contributed by atoms with Gasteiger partial charge in [0.05, 0.1) is 17.1 Å². The molecule has 0 atom stereocenters. The molecule has 0 saturated carbocycles. The molecule has 0 saturated heterocycles. The molecule has 1 aromatic carbocycles. The molecule has 3 N–H and O–H groups in total. The van der Waals surface area contributed by atoms with Crippen LogP contribution in [0, 0.1) is 0 Å². The molecule has 1 aromatic rings. The van der Waals surface area contributed by atoms with Crippen LogP contribution in [0.25, 0.3) is 0 Å². The Morgan fingerprint density at radius 2 is 2.05 bits per heavy atom. The van der Waals surface area contributed by atoms with E-state index in [2.05, 4.69) is 27.5 Å². The topological polar surface area (TPSA) is 65.5 Å². The summed E-state index contributed by atoms with van der Waals surface area (Å²) in [4.78, 5) is 16.3. The second-order valence-corrected chi connectivity index (χ2v) is 4.57. The normalized spacial score (nSPS) is 10.4. The lowest BCUT2D eigenvalue weighted by molar-refractivity contribution is 0.0955. The highest BCUT2D eigenvalue weighted by molar-refractivity contribution is 14.0. The lowest BCUT2D eigenvalue weighted by Crippen LogP contribution is -2.38. The molecular weight excluding hydrogens is 415 g/mol. The second-order valence-electron chi connectivity index (χ2n) is 4.17. The highest BCUT2D eigenvalue weighted by Gasteiger charge is 2.08. The van der Waals surface area contributed by atoms with Crippen molar-refractivity contribution in [3.63, 3.8) is 0 Å². The largest absolute Gasteiger partial charge is 0.357 e. The van der Waals surface area contributed by atoms with E-state index in [1.165, 1.54) is 0 Å². The molecule has 1 rings (SSSR count). The predicted molar refractivity (Wildman–Crippen MR) is 103 cm³/mol. The molecule has 7 heteroatoms. The number of carbonyl (C=O) groups is 1. The van der Waals surface area contributed by atoms with Crippen LogP contribution in [0.4, 0.5) is 0 Å². The maximum absolute atomic E-state index is 11.9. The zero-order valence-corrected chi connectivity index (χ0v) is 15.7. The standard InChI is InChI=1S/C15H21ClN4O.HI/c1-3-9-19-15(17-4-2)20-11-10-18-14(21)12-7-5-6-8-13(12)16;/h3,5-8H,1,4,9-11H2,2H3,(H,18,21)(H2,17,19,20);1H. The Morgan fingerprint density at radius 3 is 2.68 bits per heavy atom. The van der Waals surface area contributed by atoms with Gasteiger partial charge in [0, 0.05) is 19.6 Å². The van der Waals surface area contributed by atoms with Gasteiger partial charge < -0.3 is 16.0 Å². The number of hydrogen-bond acceptors (Lipinski definition) is 2. The smallest absolute Gasteiger partial charge is 0.252 e. The van der Waals surface area contributed by atoms with E-state index in [4.69, 9.17) is 11.6 Å². The fourth-order valence-electron chi connectivity index (χ4n) is 1.59. The van der Waals surface area contributed by atoms with Crippen LogP contribution in [0.15, 0.2) is 41.9 Å². The number of hydrogen-bond donors (Lipinski definition) is 3. The van der Waals surface area contributed by atoms with Crippen LogP contribution in [0.3, 0.4) is 0 Å². The highest BCUT2D eigenvalue weighted by atomic mass is 127. The SMILES string of the molecule is C=CCNC(=NCCNC(=O)c1ccccc1Cl)NCC.I. The average Bonchev–Trinajstić information content (AvgIpc) is 2.49. The second kappa shape index (κ2) is 12.3. The molecule has 0 aromatic heterocycles. The van der Waals surface area contributed by atoms with Gasteiger partial charge in [-0.3, -0.25) is 9.79 Å². The van der Waals surface area contributed by atoms with Crippen LogP contribution < -0.4 is 16.0 Å². The highest BCUT2D eigenvalue weighted by Crippen LogP contribution is 2.14. The van der Waals surface area contributed by atoms with E-state index in [-0.39, 0.29) is 29.9 Å². The molecule has 0 bridgehead atoms. The van der Waals surface area contributed by atoms with Gasteiger partial charge in [-0.2, -0.15) is 0 Å². The van der Waals surface area contributed by atoms with Gasteiger partial charge in [-0.15, -0.1) is 30.6 Å². The third-order valence-corrected chi connectivity index (χ3v) is 2.87. The van der Waals surface area contributed by atoms with Crippen LogP contribution in [0.2, 0.25) is 5.02 Å². The van der Waals surface area contributed by atoms with E-state index in [0.29, 0.717) is 36.2 Å². The number of aliphatic imine (C=N–C) groups is 1. The summed E-state index contributed by atoms with van der Waals surface area (Å²) < 4.78 is 0. The molecule has 122 valence electrons. The Hall–Kier alpha value is -1.28. The molecule has 0 unspecified atom stereocenters. The number of benzene rings is 1. The zero-order valence-electron chi connectivity index (χ0n) is 12.6. The lowest BCUT2D eigenvalue weighted by Gasteiger charge is -2.10. The van der Waals surface area contributed by atoms with Gasteiger partial charge in [0.2, 0.25) is 0 Å². The Kier molecular flexibility index (Phi) is 11.6. The Balaban J connectivity index is 0.00000441. The fraction of sp³-hybridized carbons (Fsp3) is 0.333. The van der Waals surface area contributed by atoms with E-state index in [9.17, 15) is 4.79 Å². The molecule has 0 radical (unpaired) electrons. The fourth-order valence-corrected chi connectivity index (χ4v) is 1.81. The molecule has 0 aliphatic carbocycles. The quantitative estimate of drug-likeness (QED) is 0.202. The maximum Gasteiger partial charge on any atom is 0.252 e. The van der Waals surface area contributed by atoms with Crippen LogP contribution in [0.1, 0.15) is 17.3 Å². The molecule has 22 heavy (non-hydrogen) atoms. The summed E-state index contributed by atoms with van der Waals surface area (Å²) in [5.74, 6) is 0.504. The summed E-state index contributed by atoms with van der Waals surface area (Å²) in [5.41, 5.74) is 0.472. The first-order chi connectivity index (χ1) is 10.2. The van der Waals surface area contributed by atoms with Crippen molar-refractivity contribution in [3.05, 3.63) is 47.5 Å². The Bertz CT molecular complexity index is 508. The Morgan fingerprint density at radius 1 is 1.32 bits per heavy atom. The van der Waals surface area contributed by atoms with E-state index in [0.717, 1.165) is 6.54 Å². The summed E-state index contributed by atoms with van der Waals surface area (Å²) in [6.07, 6.45) is 1.76. The number of carbonyl (C=O) groups excluding carboxylic acids is 1. The first-order valence-electron chi connectivity index (χ1n) is 6.84. The number of guanidine groups is 1. The minimum Gasteiger partial charge on any atom is -0.357 e. The van der Waals surface area contributed by atoms with Gasteiger partial charge >= 0.3 is 0 Å². The average molecular weight is 437 g/mol. The molecule has 0 aliphatic rings. The number of amides is 1. The third kappa shape index (κ3) is 7.65. The number of nitrogens with zero attached hydrogens (tertiary/aromatic N) is 1. The Labute approximate surface area is 153 Å². The minimum atomic E-state index is -0.195. The van der Waals surface area contributed by atoms with Crippen LogP contribution in [0.5, 0.6) is 0 Å². The van der Waals surface area contributed by atoms with Crippen molar-refractivity contribution in [1.29, 1.82) is 0 Å². The molecule has 0 aliphatic heterocycles. The van der Waals surface area contributed by atoms with Gasteiger partial charge in [-0.1, -0.05) is 29.8 Å². The van der Waals surface area contributed by atoms with Crippen molar-refractivity contribution in [2.24, 2.45) is 4.99 Å². The monoisotopic (exact) mass is 436 g/mol. The summed E-state index contributed by atoms with van der Waals surface area (Å²) in [5, 5.41) is 9.42. The number of nitrogens with one attached hydrogen (secondary N) is 3. The van der Waals surface area contributed by atoms with Gasteiger partial charge in [0.15, 0.2) is 5.96 Å². The van der Waals surface area contributed by atoms with Gasteiger partial charge in [0.25, 0.3) is 5.91 Å². The van der Waals surface area contributed by atoms with E-state index in [1.807, 2.05) is 6.92 Å². The molecular formula is C15H22ClIN4O. The molecule has 0 fully saturated rings. The molecule has 0 heterocycles. The number of halogens is 2.